The first-order valence-electron chi connectivity index (χ1n) is 6.03. The summed E-state index contributed by atoms with van der Waals surface area (Å²) >= 11 is 1.72. The van der Waals surface area contributed by atoms with Crippen LogP contribution in [-0.4, -0.2) is 32.0 Å². The predicted molar refractivity (Wildman–Crippen MR) is 72.3 cm³/mol. The third kappa shape index (κ3) is 4.08. The fourth-order valence-corrected chi connectivity index (χ4v) is 4.45. The summed E-state index contributed by atoms with van der Waals surface area (Å²) in [4.78, 5) is 0. The zero-order valence-corrected chi connectivity index (χ0v) is 11.7. The molecule has 0 aliphatic carbocycles. The molecule has 1 aliphatic heterocycles. The smallest absolute Gasteiger partial charge is 0.150 e. The molecule has 0 saturated carbocycles. The van der Waals surface area contributed by atoms with Crippen molar-refractivity contribution in [1.82, 2.24) is 5.32 Å². The van der Waals surface area contributed by atoms with Gasteiger partial charge >= 0.3 is 0 Å². The molecule has 1 unspecified atom stereocenters. The molecule has 96 valence electrons. The van der Waals surface area contributed by atoms with Crippen molar-refractivity contribution < 1.29 is 8.42 Å². The highest BCUT2D eigenvalue weighted by atomic mass is 32.2. The van der Waals surface area contributed by atoms with Crippen LogP contribution in [0.15, 0.2) is 16.8 Å². The number of rotatable bonds is 4. The SMILES string of the molecule is CC(Cc1ccsc1)NC1CCS(=O)(=O)CC1. The largest absolute Gasteiger partial charge is 0.311 e. The zero-order valence-electron chi connectivity index (χ0n) is 10.1. The minimum Gasteiger partial charge on any atom is -0.311 e. The van der Waals surface area contributed by atoms with E-state index in [1.165, 1.54) is 5.56 Å². The van der Waals surface area contributed by atoms with E-state index in [9.17, 15) is 8.42 Å². The molecule has 0 radical (unpaired) electrons. The van der Waals surface area contributed by atoms with Crippen molar-refractivity contribution in [1.29, 1.82) is 0 Å². The molecular formula is C12H19NO2S2. The second kappa shape index (κ2) is 5.50. The van der Waals surface area contributed by atoms with Gasteiger partial charge in [0.05, 0.1) is 11.5 Å². The van der Waals surface area contributed by atoms with Crippen LogP contribution in [-0.2, 0) is 16.3 Å². The van der Waals surface area contributed by atoms with E-state index in [-0.39, 0.29) is 0 Å². The molecule has 0 bridgehead atoms. The molecule has 1 fully saturated rings. The average molecular weight is 273 g/mol. The standard InChI is InChI=1S/C12H19NO2S2/c1-10(8-11-2-5-16-9-11)13-12-3-6-17(14,15)7-4-12/h2,5,9-10,12-13H,3-4,6-8H2,1H3. The average Bonchev–Trinajstić information content (AvgIpc) is 2.74. The molecule has 2 heterocycles. The van der Waals surface area contributed by atoms with Crippen LogP contribution < -0.4 is 5.32 Å². The molecule has 1 saturated heterocycles. The van der Waals surface area contributed by atoms with Gasteiger partial charge in [0, 0.05) is 12.1 Å². The maximum atomic E-state index is 11.3. The van der Waals surface area contributed by atoms with Gasteiger partial charge in [-0.05, 0) is 48.6 Å². The van der Waals surface area contributed by atoms with E-state index in [2.05, 4.69) is 29.1 Å². The minimum atomic E-state index is -2.74. The van der Waals surface area contributed by atoms with Crippen LogP contribution in [0.4, 0.5) is 0 Å². The minimum absolute atomic E-state index is 0.343. The van der Waals surface area contributed by atoms with Crippen LogP contribution in [0.2, 0.25) is 0 Å². The highest BCUT2D eigenvalue weighted by molar-refractivity contribution is 7.91. The molecule has 1 atom stereocenters. The maximum Gasteiger partial charge on any atom is 0.150 e. The first-order valence-corrected chi connectivity index (χ1v) is 8.79. The number of hydrogen-bond acceptors (Lipinski definition) is 4. The van der Waals surface area contributed by atoms with Crippen LogP contribution in [0.3, 0.4) is 0 Å². The number of thiophene rings is 1. The van der Waals surface area contributed by atoms with Gasteiger partial charge in [0.1, 0.15) is 9.84 Å². The molecule has 17 heavy (non-hydrogen) atoms. The van der Waals surface area contributed by atoms with Gasteiger partial charge in [-0.3, -0.25) is 0 Å². The molecule has 3 nitrogen and oxygen atoms in total. The van der Waals surface area contributed by atoms with Crippen molar-refractivity contribution in [2.75, 3.05) is 11.5 Å². The Morgan fingerprint density at radius 2 is 2.18 bits per heavy atom. The van der Waals surface area contributed by atoms with Crippen molar-refractivity contribution >= 4 is 21.2 Å². The van der Waals surface area contributed by atoms with Crippen LogP contribution >= 0.6 is 11.3 Å². The lowest BCUT2D eigenvalue weighted by molar-refractivity contribution is 0.412. The van der Waals surface area contributed by atoms with E-state index in [1.807, 2.05) is 0 Å². The van der Waals surface area contributed by atoms with Crippen LogP contribution in [0.25, 0.3) is 0 Å². The molecule has 5 heteroatoms. The lowest BCUT2D eigenvalue weighted by Gasteiger charge is -2.26. The van der Waals surface area contributed by atoms with Crippen molar-refractivity contribution in [3.8, 4) is 0 Å². The summed E-state index contributed by atoms with van der Waals surface area (Å²) in [6.45, 7) is 2.17. The van der Waals surface area contributed by atoms with Gasteiger partial charge in [0.25, 0.3) is 0 Å². The van der Waals surface area contributed by atoms with Gasteiger partial charge in [0.2, 0.25) is 0 Å². The zero-order chi connectivity index (χ0) is 12.3. The Labute approximate surface area is 107 Å². The summed E-state index contributed by atoms with van der Waals surface area (Å²) < 4.78 is 22.6. The van der Waals surface area contributed by atoms with E-state index < -0.39 is 9.84 Å². The quantitative estimate of drug-likeness (QED) is 0.910. The topological polar surface area (TPSA) is 46.2 Å². The highest BCUT2D eigenvalue weighted by Gasteiger charge is 2.24. The van der Waals surface area contributed by atoms with Gasteiger partial charge in [-0.2, -0.15) is 11.3 Å². The Hall–Kier alpha value is -0.390. The molecule has 1 aromatic heterocycles. The van der Waals surface area contributed by atoms with Crippen LogP contribution in [0.5, 0.6) is 0 Å². The van der Waals surface area contributed by atoms with Gasteiger partial charge in [-0.25, -0.2) is 8.42 Å². The molecule has 1 N–H and O–H groups in total. The molecule has 2 rings (SSSR count). The van der Waals surface area contributed by atoms with Gasteiger partial charge in [0.15, 0.2) is 0 Å². The molecule has 1 aromatic rings. The molecule has 0 amide bonds. The Kier molecular flexibility index (Phi) is 4.22. The lowest BCUT2D eigenvalue weighted by atomic mass is 10.1. The van der Waals surface area contributed by atoms with E-state index in [0.29, 0.717) is 23.6 Å². The van der Waals surface area contributed by atoms with E-state index in [4.69, 9.17) is 0 Å². The second-order valence-electron chi connectivity index (χ2n) is 4.83. The van der Waals surface area contributed by atoms with Crippen molar-refractivity contribution in [3.63, 3.8) is 0 Å². The normalized spacial score (nSPS) is 22.4. The molecular weight excluding hydrogens is 254 g/mol. The third-order valence-corrected chi connectivity index (χ3v) is 5.64. The van der Waals surface area contributed by atoms with E-state index in [0.717, 1.165) is 19.3 Å². The molecule has 0 aromatic carbocycles. The summed E-state index contributed by atoms with van der Waals surface area (Å²) in [5.74, 6) is 0.686. The number of sulfone groups is 1. The Morgan fingerprint density at radius 3 is 2.76 bits per heavy atom. The lowest BCUT2D eigenvalue weighted by Crippen LogP contribution is -2.42. The maximum absolute atomic E-state index is 11.3. The van der Waals surface area contributed by atoms with Crippen LogP contribution in [0.1, 0.15) is 25.3 Å². The predicted octanol–water partition coefficient (Wildman–Crippen LogP) is 1.85. The second-order valence-corrected chi connectivity index (χ2v) is 7.91. The first kappa shape index (κ1) is 13.1. The fraction of sp³-hybridized carbons (Fsp3) is 0.667. The Bertz CT molecular complexity index is 425. The third-order valence-electron chi connectivity index (χ3n) is 3.20. The summed E-state index contributed by atoms with van der Waals surface area (Å²) in [7, 11) is -2.74. The molecule has 0 spiro atoms. The number of nitrogens with one attached hydrogen (secondary N) is 1. The van der Waals surface area contributed by atoms with Gasteiger partial charge < -0.3 is 5.32 Å². The highest BCUT2D eigenvalue weighted by Crippen LogP contribution is 2.14. The first-order chi connectivity index (χ1) is 8.05. The molecule has 1 aliphatic rings. The van der Waals surface area contributed by atoms with Crippen molar-refractivity contribution in [3.05, 3.63) is 22.4 Å². The summed E-state index contributed by atoms with van der Waals surface area (Å²) in [5, 5.41) is 7.80. The summed E-state index contributed by atoms with van der Waals surface area (Å²) in [5.41, 5.74) is 1.36. The van der Waals surface area contributed by atoms with E-state index in [1.54, 1.807) is 11.3 Å². The fourth-order valence-electron chi connectivity index (χ4n) is 2.28. The van der Waals surface area contributed by atoms with E-state index >= 15 is 0 Å². The van der Waals surface area contributed by atoms with Crippen molar-refractivity contribution in [2.24, 2.45) is 0 Å². The summed E-state index contributed by atoms with van der Waals surface area (Å²) in [6.07, 6.45) is 2.54. The Morgan fingerprint density at radius 1 is 1.47 bits per heavy atom. The Balaban J connectivity index is 1.78. The summed E-state index contributed by atoms with van der Waals surface area (Å²) in [6, 6.07) is 2.93. The van der Waals surface area contributed by atoms with Gasteiger partial charge in [-0.1, -0.05) is 0 Å². The van der Waals surface area contributed by atoms with Crippen LogP contribution in [0, 0.1) is 0 Å². The number of hydrogen-bond donors (Lipinski definition) is 1. The monoisotopic (exact) mass is 273 g/mol. The van der Waals surface area contributed by atoms with Crippen molar-refractivity contribution in [2.45, 2.75) is 38.3 Å². The van der Waals surface area contributed by atoms with Gasteiger partial charge in [-0.15, -0.1) is 0 Å².